The number of aryl methyl sites for hydroxylation is 1. The number of aromatic hydroxyl groups is 1. The van der Waals surface area contributed by atoms with Crippen molar-refractivity contribution in [2.24, 2.45) is 0 Å². The minimum Gasteiger partial charge on any atom is -0.507 e. The van der Waals surface area contributed by atoms with E-state index in [1.807, 2.05) is 19.1 Å². The minimum atomic E-state index is 0.253. The van der Waals surface area contributed by atoms with Crippen LogP contribution in [0.4, 0.5) is 0 Å². The first kappa shape index (κ1) is 8.51. The molecular weight excluding hydrogens is 230 g/mol. The summed E-state index contributed by atoms with van der Waals surface area (Å²) in [6.45, 7) is 1.99. The molecule has 0 fully saturated rings. The van der Waals surface area contributed by atoms with Crippen LogP contribution < -0.4 is 0 Å². The Balaban J connectivity index is 2.97. The number of hydrogen-bond donors (Lipinski definition) is 1. The number of nitrogens with zero attached hydrogens (tertiary/aromatic N) is 1. The number of phenolic OH excluding ortho intramolecular Hbond substituents is 1. The van der Waals surface area contributed by atoms with Crippen molar-refractivity contribution < 1.29 is 5.11 Å². The molecule has 1 aromatic carbocycles. The van der Waals surface area contributed by atoms with Gasteiger partial charge in [0, 0.05) is 11.6 Å². The number of pyridine rings is 1. The van der Waals surface area contributed by atoms with Crippen molar-refractivity contribution in [3.8, 4) is 5.75 Å². The summed E-state index contributed by atoms with van der Waals surface area (Å²) in [5.74, 6) is 0.253. The van der Waals surface area contributed by atoms with Gasteiger partial charge in [0.25, 0.3) is 0 Å². The van der Waals surface area contributed by atoms with Crippen LogP contribution in [0, 0.1) is 6.92 Å². The maximum Gasteiger partial charge on any atom is 0.130 e. The standard InChI is InChI=1S/C10H8BrNO/c1-6-4-5-12-7-2-3-8(13)10(11)9(6)7/h2-5,13H,1H3. The van der Waals surface area contributed by atoms with Gasteiger partial charge in [0.2, 0.25) is 0 Å². The quantitative estimate of drug-likeness (QED) is 0.765. The van der Waals surface area contributed by atoms with Gasteiger partial charge in [-0.1, -0.05) is 0 Å². The van der Waals surface area contributed by atoms with E-state index in [1.165, 1.54) is 0 Å². The summed E-state index contributed by atoms with van der Waals surface area (Å²) in [6.07, 6.45) is 1.77. The Hall–Kier alpha value is -1.09. The first-order valence-electron chi connectivity index (χ1n) is 3.93. The SMILES string of the molecule is Cc1ccnc2ccc(O)c(Br)c12. The van der Waals surface area contributed by atoms with Gasteiger partial charge in [-0.2, -0.15) is 0 Å². The maximum absolute atomic E-state index is 9.47. The Morgan fingerprint density at radius 2 is 2.08 bits per heavy atom. The van der Waals surface area contributed by atoms with Crippen LogP contribution in [0.15, 0.2) is 28.9 Å². The second kappa shape index (κ2) is 3.00. The molecule has 3 heteroatoms. The third-order valence-corrected chi connectivity index (χ3v) is 2.83. The van der Waals surface area contributed by atoms with Gasteiger partial charge in [-0.3, -0.25) is 4.98 Å². The monoisotopic (exact) mass is 237 g/mol. The molecule has 1 aromatic heterocycles. The van der Waals surface area contributed by atoms with E-state index in [2.05, 4.69) is 20.9 Å². The third kappa shape index (κ3) is 1.29. The molecule has 2 nitrogen and oxygen atoms in total. The fourth-order valence-electron chi connectivity index (χ4n) is 1.35. The second-order valence-electron chi connectivity index (χ2n) is 2.92. The maximum atomic E-state index is 9.47. The fourth-order valence-corrected chi connectivity index (χ4v) is 2.00. The Labute approximate surface area is 84.4 Å². The lowest BCUT2D eigenvalue weighted by Crippen LogP contribution is -1.83. The van der Waals surface area contributed by atoms with Gasteiger partial charge >= 0.3 is 0 Å². The summed E-state index contributed by atoms with van der Waals surface area (Å²) >= 11 is 3.34. The lowest BCUT2D eigenvalue weighted by molar-refractivity contribution is 0.473. The van der Waals surface area contributed by atoms with Crippen LogP contribution in [0.2, 0.25) is 0 Å². The molecule has 0 aliphatic heterocycles. The highest BCUT2D eigenvalue weighted by Crippen LogP contribution is 2.32. The molecule has 0 aliphatic rings. The van der Waals surface area contributed by atoms with Crippen LogP contribution in [0.5, 0.6) is 5.75 Å². The van der Waals surface area contributed by atoms with Crippen LogP contribution in [0.1, 0.15) is 5.56 Å². The fraction of sp³-hybridized carbons (Fsp3) is 0.100. The number of fused-ring (bicyclic) bond motifs is 1. The molecule has 1 heterocycles. The predicted molar refractivity (Wildman–Crippen MR) is 55.8 cm³/mol. The van der Waals surface area contributed by atoms with Crippen molar-refractivity contribution in [3.05, 3.63) is 34.4 Å². The normalized spacial score (nSPS) is 10.6. The van der Waals surface area contributed by atoms with Crippen molar-refractivity contribution in [2.45, 2.75) is 6.92 Å². The minimum absolute atomic E-state index is 0.253. The van der Waals surface area contributed by atoms with Crippen LogP contribution in [0.3, 0.4) is 0 Å². The van der Waals surface area contributed by atoms with E-state index < -0.39 is 0 Å². The number of rotatable bonds is 0. The molecule has 66 valence electrons. The molecule has 0 saturated heterocycles. The molecule has 0 radical (unpaired) electrons. The van der Waals surface area contributed by atoms with Crippen molar-refractivity contribution in [2.75, 3.05) is 0 Å². The van der Waals surface area contributed by atoms with Crippen LogP contribution in [0.25, 0.3) is 10.9 Å². The Morgan fingerprint density at radius 3 is 2.85 bits per heavy atom. The molecule has 0 unspecified atom stereocenters. The van der Waals surface area contributed by atoms with Crippen LogP contribution in [-0.4, -0.2) is 10.1 Å². The van der Waals surface area contributed by atoms with Crippen molar-refractivity contribution >= 4 is 26.8 Å². The molecule has 13 heavy (non-hydrogen) atoms. The van der Waals surface area contributed by atoms with E-state index in [9.17, 15) is 5.11 Å². The Morgan fingerprint density at radius 1 is 1.31 bits per heavy atom. The highest BCUT2D eigenvalue weighted by molar-refractivity contribution is 9.10. The second-order valence-corrected chi connectivity index (χ2v) is 3.71. The number of benzene rings is 1. The van der Waals surface area contributed by atoms with Crippen LogP contribution >= 0.6 is 15.9 Å². The van der Waals surface area contributed by atoms with Gasteiger partial charge in [0.15, 0.2) is 0 Å². The number of hydrogen-bond acceptors (Lipinski definition) is 2. The van der Waals surface area contributed by atoms with Crippen molar-refractivity contribution in [3.63, 3.8) is 0 Å². The van der Waals surface area contributed by atoms with E-state index >= 15 is 0 Å². The van der Waals surface area contributed by atoms with E-state index in [1.54, 1.807) is 12.3 Å². The molecule has 0 aliphatic carbocycles. The number of aromatic nitrogens is 1. The predicted octanol–water partition coefficient (Wildman–Crippen LogP) is 3.01. The summed E-state index contributed by atoms with van der Waals surface area (Å²) in [4.78, 5) is 4.20. The van der Waals surface area contributed by atoms with Crippen molar-refractivity contribution in [1.29, 1.82) is 0 Å². The van der Waals surface area contributed by atoms with Gasteiger partial charge in [0.05, 0.1) is 9.99 Å². The molecule has 0 saturated carbocycles. The van der Waals surface area contributed by atoms with Gasteiger partial charge in [-0.05, 0) is 46.6 Å². The zero-order valence-electron chi connectivity index (χ0n) is 7.08. The number of halogens is 1. The molecule has 0 atom stereocenters. The Bertz CT molecular complexity index is 468. The highest BCUT2D eigenvalue weighted by Gasteiger charge is 2.06. The average Bonchev–Trinajstić information content (AvgIpc) is 2.12. The van der Waals surface area contributed by atoms with Gasteiger partial charge in [0.1, 0.15) is 5.75 Å². The molecule has 2 rings (SSSR count). The first-order chi connectivity index (χ1) is 6.20. The van der Waals surface area contributed by atoms with Gasteiger partial charge in [-0.15, -0.1) is 0 Å². The van der Waals surface area contributed by atoms with E-state index in [-0.39, 0.29) is 5.75 Å². The molecular formula is C10H8BrNO. The third-order valence-electron chi connectivity index (χ3n) is 2.03. The summed E-state index contributed by atoms with van der Waals surface area (Å²) in [6, 6.07) is 5.37. The number of phenols is 1. The van der Waals surface area contributed by atoms with Crippen molar-refractivity contribution in [1.82, 2.24) is 4.98 Å². The largest absolute Gasteiger partial charge is 0.507 e. The van der Waals surface area contributed by atoms with Gasteiger partial charge < -0.3 is 5.11 Å². The zero-order chi connectivity index (χ0) is 9.42. The molecule has 0 spiro atoms. The Kier molecular flexibility index (Phi) is 1.96. The lowest BCUT2D eigenvalue weighted by atomic mass is 10.1. The molecule has 0 amide bonds. The molecule has 0 bridgehead atoms. The summed E-state index contributed by atoms with van der Waals surface area (Å²) in [7, 11) is 0. The molecule has 1 N–H and O–H groups in total. The van der Waals surface area contributed by atoms with Crippen LogP contribution in [-0.2, 0) is 0 Å². The topological polar surface area (TPSA) is 33.1 Å². The summed E-state index contributed by atoms with van der Waals surface area (Å²) < 4.78 is 0.718. The highest BCUT2D eigenvalue weighted by atomic mass is 79.9. The average molecular weight is 238 g/mol. The summed E-state index contributed by atoms with van der Waals surface area (Å²) in [5, 5.41) is 10.4. The summed E-state index contributed by atoms with van der Waals surface area (Å²) in [5.41, 5.74) is 2.00. The zero-order valence-corrected chi connectivity index (χ0v) is 8.67. The van der Waals surface area contributed by atoms with Gasteiger partial charge in [-0.25, -0.2) is 0 Å². The smallest absolute Gasteiger partial charge is 0.130 e. The van der Waals surface area contributed by atoms with E-state index in [0.717, 1.165) is 20.9 Å². The van der Waals surface area contributed by atoms with E-state index in [0.29, 0.717) is 0 Å². The van der Waals surface area contributed by atoms with E-state index in [4.69, 9.17) is 0 Å². The first-order valence-corrected chi connectivity index (χ1v) is 4.72. The lowest BCUT2D eigenvalue weighted by Gasteiger charge is -2.04. The molecule has 2 aromatic rings.